The van der Waals surface area contributed by atoms with Crippen LogP contribution < -0.4 is 0 Å². The lowest BCUT2D eigenvalue weighted by Gasteiger charge is -2.11. The third-order valence-electron chi connectivity index (χ3n) is 1.32. The van der Waals surface area contributed by atoms with Crippen LogP contribution in [0.15, 0.2) is 10.3 Å². The number of ether oxygens (including phenoxy) is 1. The maximum atomic E-state index is 10.9. The normalized spacial score (nSPS) is 10.8. The van der Waals surface area contributed by atoms with Gasteiger partial charge < -0.3 is 4.74 Å². The lowest BCUT2D eigenvalue weighted by Crippen LogP contribution is -2.16. The van der Waals surface area contributed by atoms with E-state index in [-0.39, 0.29) is 6.10 Å². The van der Waals surface area contributed by atoms with Crippen LogP contribution in [0.3, 0.4) is 0 Å². The van der Waals surface area contributed by atoms with E-state index in [4.69, 9.17) is 4.74 Å². The lowest BCUT2D eigenvalue weighted by molar-refractivity contribution is 0.121. The zero-order valence-electron chi connectivity index (χ0n) is 8.65. The Bertz CT molecular complexity index is 176. The van der Waals surface area contributed by atoms with Gasteiger partial charge in [0, 0.05) is 13.1 Å². The van der Waals surface area contributed by atoms with E-state index in [1.807, 2.05) is 13.8 Å². The van der Waals surface area contributed by atoms with E-state index >= 15 is 0 Å². The maximum Gasteiger partial charge on any atom is 0.454 e. The number of carbonyl (C=O) groups excluding carboxylic acids is 1. The molecule has 76 valence electrons. The Morgan fingerprint density at radius 3 is 2.31 bits per heavy atom. The van der Waals surface area contributed by atoms with Gasteiger partial charge in [0.25, 0.3) is 0 Å². The molecule has 0 aromatic carbocycles. The molecule has 0 aromatic rings. The minimum absolute atomic E-state index is 0.150. The van der Waals surface area contributed by atoms with Gasteiger partial charge >= 0.3 is 6.09 Å². The molecule has 0 rings (SSSR count). The molecule has 5 nitrogen and oxygen atoms in total. The van der Waals surface area contributed by atoms with Crippen molar-refractivity contribution in [1.82, 2.24) is 5.01 Å². The van der Waals surface area contributed by atoms with Gasteiger partial charge in [0.1, 0.15) is 0 Å². The summed E-state index contributed by atoms with van der Waals surface area (Å²) in [4.78, 5) is 10.9. The molecule has 0 heterocycles. The van der Waals surface area contributed by atoms with Crippen molar-refractivity contribution in [2.75, 3.05) is 13.1 Å². The number of hydrogen-bond donors (Lipinski definition) is 0. The molecule has 0 atom stereocenters. The highest BCUT2D eigenvalue weighted by Gasteiger charge is 2.03. The molecule has 1 amide bonds. The molecule has 0 saturated carbocycles. The number of rotatable bonds is 4. The molecule has 0 aliphatic rings. The smallest absolute Gasteiger partial charge is 0.444 e. The van der Waals surface area contributed by atoms with E-state index in [0.717, 1.165) is 13.1 Å². The summed E-state index contributed by atoms with van der Waals surface area (Å²) >= 11 is 0. The monoisotopic (exact) mass is 187 g/mol. The highest BCUT2D eigenvalue weighted by molar-refractivity contribution is 5.67. The third-order valence-corrected chi connectivity index (χ3v) is 1.32. The van der Waals surface area contributed by atoms with Gasteiger partial charge in [-0.15, -0.1) is 0 Å². The molecule has 0 saturated heterocycles. The van der Waals surface area contributed by atoms with E-state index in [1.54, 1.807) is 18.9 Å². The summed E-state index contributed by atoms with van der Waals surface area (Å²) in [6.45, 7) is 8.88. The quantitative estimate of drug-likeness (QED) is 0.501. The van der Waals surface area contributed by atoms with Gasteiger partial charge in [0.15, 0.2) is 0 Å². The van der Waals surface area contributed by atoms with Gasteiger partial charge in [0.2, 0.25) is 0 Å². The Morgan fingerprint density at radius 1 is 1.38 bits per heavy atom. The van der Waals surface area contributed by atoms with E-state index < -0.39 is 6.09 Å². The largest absolute Gasteiger partial charge is 0.454 e. The van der Waals surface area contributed by atoms with Gasteiger partial charge in [-0.05, 0) is 27.7 Å². The van der Waals surface area contributed by atoms with Crippen LogP contribution in [0, 0.1) is 0 Å². The molecule has 0 bridgehead atoms. The van der Waals surface area contributed by atoms with Gasteiger partial charge in [-0.25, -0.2) is 4.79 Å². The molecular weight excluding hydrogens is 170 g/mol. The summed E-state index contributed by atoms with van der Waals surface area (Å²) in [6, 6.07) is 0. The van der Waals surface area contributed by atoms with Crippen molar-refractivity contribution in [3.8, 4) is 0 Å². The van der Waals surface area contributed by atoms with Crippen LogP contribution in [0.4, 0.5) is 4.79 Å². The van der Waals surface area contributed by atoms with Gasteiger partial charge in [-0.1, -0.05) is 10.3 Å². The van der Waals surface area contributed by atoms with Crippen LogP contribution in [0.5, 0.6) is 0 Å². The Labute approximate surface area is 78.7 Å². The van der Waals surface area contributed by atoms with Crippen LogP contribution in [0.2, 0.25) is 0 Å². The maximum absolute atomic E-state index is 10.9. The predicted molar refractivity (Wildman–Crippen MR) is 49.4 cm³/mol. The van der Waals surface area contributed by atoms with Crippen molar-refractivity contribution < 1.29 is 9.53 Å². The first kappa shape index (κ1) is 11.9. The average molecular weight is 187 g/mol. The van der Waals surface area contributed by atoms with Gasteiger partial charge in [-0.3, -0.25) is 5.01 Å². The fourth-order valence-electron chi connectivity index (χ4n) is 0.675. The molecule has 0 aliphatic heterocycles. The molecule has 0 fully saturated rings. The second-order valence-electron chi connectivity index (χ2n) is 2.76. The van der Waals surface area contributed by atoms with Crippen molar-refractivity contribution >= 4 is 6.09 Å². The number of hydrogen-bond acceptors (Lipinski definition) is 3. The van der Waals surface area contributed by atoms with E-state index in [0.29, 0.717) is 0 Å². The Balaban J connectivity index is 3.88. The SMILES string of the molecule is CCN(CC)N=NC(=O)OC(C)C. The Morgan fingerprint density at radius 2 is 1.92 bits per heavy atom. The molecule has 13 heavy (non-hydrogen) atoms. The molecule has 0 aliphatic carbocycles. The van der Waals surface area contributed by atoms with Crippen LogP contribution in [-0.2, 0) is 4.74 Å². The van der Waals surface area contributed by atoms with Crippen molar-refractivity contribution in [2.24, 2.45) is 10.3 Å². The zero-order valence-corrected chi connectivity index (χ0v) is 8.65. The van der Waals surface area contributed by atoms with E-state index in [9.17, 15) is 4.79 Å². The van der Waals surface area contributed by atoms with Crippen LogP contribution >= 0.6 is 0 Å². The Kier molecular flexibility index (Phi) is 5.84. The van der Waals surface area contributed by atoms with Crippen molar-refractivity contribution in [2.45, 2.75) is 33.8 Å². The van der Waals surface area contributed by atoms with Crippen LogP contribution in [0.1, 0.15) is 27.7 Å². The third kappa shape index (κ3) is 6.07. The summed E-state index contributed by atoms with van der Waals surface area (Å²) in [5.41, 5.74) is 0. The minimum atomic E-state index is -0.637. The Hall–Kier alpha value is -1.13. The lowest BCUT2D eigenvalue weighted by atomic mass is 10.5. The molecule has 0 aromatic heterocycles. The number of nitrogens with zero attached hydrogens (tertiary/aromatic N) is 3. The van der Waals surface area contributed by atoms with E-state index in [2.05, 4.69) is 10.3 Å². The first-order valence-corrected chi connectivity index (χ1v) is 4.47. The molecule has 5 heteroatoms. The summed E-state index contributed by atoms with van der Waals surface area (Å²) in [6.07, 6.45) is -0.787. The second kappa shape index (κ2) is 6.39. The van der Waals surface area contributed by atoms with E-state index in [1.165, 1.54) is 0 Å². The van der Waals surface area contributed by atoms with Crippen LogP contribution in [-0.4, -0.2) is 30.3 Å². The summed E-state index contributed by atoms with van der Waals surface area (Å²) in [5, 5.41) is 8.76. The molecule has 0 N–H and O–H groups in total. The van der Waals surface area contributed by atoms with Crippen molar-refractivity contribution in [3.63, 3.8) is 0 Å². The number of carbonyl (C=O) groups is 1. The van der Waals surface area contributed by atoms with Gasteiger partial charge in [-0.2, -0.15) is 0 Å². The highest BCUT2D eigenvalue weighted by atomic mass is 16.6. The summed E-state index contributed by atoms with van der Waals surface area (Å²) in [5.74, 6) is 0. The minimum Gasteiger partial charge on any atom is -0.444 e. The fraction of sp³-hybridized carbons (Fsp3) is 0.875. The number of amides is 1. The summed E-state index contributed by atoms with van der Waals surface area (Å²) in [7, 11) is 0. The molecule has 0 radical (unpaired) electrons. The topological polar surface area (TPSA) is 54.3 Å². The first-order chi connectivity index (χ1) is 6.10. The van der Waals surface area contributed by atoms with Crippen molar-refractivity contribution in [3.05, 3.63) is 0 Å². The predicted octanol–water partition coefficient (Wildman–Crippen LogP) is 2.24. The standard InChI is InChI=1S/C8H17N3O2/c1-5-11(6-2)10-9-8(12)13-7(3)4/h7H,5-6H2,1-4H3. The summed E-state index contributed by atoms with van der Waals surface area (Å²) < 4.78 is 4.76. The van der Waals surface area contributed by atoms with Crippen LogP contribution in [0.25, 0.3) is 0 Å². The first-order valence-electron chi connectivity index (χ1n) is 4.47. The zero-order chi connectivity index (χ0) is 10.3. The van der Waals surface area contributed by atoms with Gasteiger partial charge in [0.05, 0.1) is 6.10 Å². The van der Waals surface area contributed by atoms with Crippen molar-refractivity contribution in [1.29, 1.82) is 0 Å². The molecular formula is C8H17N3O2. The average Bonchev–Trinajstić information content (AvgIpc) is 2.05. The fourth-order valence-corrected chi connectivity index (χ4v) is 0.675. The molecule has 0 spiro atoms. The second-order valence-corrected chi connectivity index (χ2v) is 2.76. The highest BCUT2D eigenvalue weighted by Crippen LogP contribution is 1.95. The molecule has 0 unspecified atom stereocenters.